The summed E-state index contributed by atoms with van der Waals surface area (Å²) in [5.41, 5.74) is 2.86. The Hall–Kier alpha value is -2.85. The molecule has 0 atom stereocenters. The highest BCUT2D eigenvalue weighted by molar-refractivity contribution is 7.18. The van der Waals surface area contributed by atoms with Crippen LogP contribution >= 0.6 is 22.7 Å². The smallest absolute Gasteiger partial charge is 0.323 e. The van der Waals surface area contributed by atoms with Gasteiger partial charge >= 0.3 is 6.03 Å². The molecule has 1 aromatic carbocycles. The van der Waals surface area contributed by atoms with Gasteiger partial charge in [-0.25, -0.2) is 9.78 Å². The first kappa shape index (κ1) is 19.5. The predicted octanol–water partition coefficient (Wildman–Crippen LogP) is 3.50. The van der Waals surface area contributed by atoms with E-state index >= 15 is 0 Å². The van der Waals surface area contributed by atoms with E-state index in [9.17, 15) is 9.59 Å². The molecule has 4 rings (SSSR count). The number of benzene rings is 1. The maximum Gasteiger partial charge on any atom is 0.323 e. The summed E-state index contributed by atoms with van der Waals surface area (Å²) in [4.78, 5) is 30.0. The summed E-state index contributed by atoms with van der Waals surface area (Å²) in [6.07, 6.45) is 0.115. The Morgan fingerprint density at radius 1 is 1.28 bits per heavy atom. The minimum Gasteiger partial charge on any atom is -0.336 e. The minimum atomic E-state index is -0.217. The second kappa shape index (κ2) is 8.26. The number of hydrogen-bond acceptors (Lipinski definition) is 7. The number of amides is 3. The molecule has 0 aliphatic carbocycles. The Kier molecular flexibility index (Phi) is 5.54. The van der Waals surface area contributed by atoms with Gasteiger partial charge in [-0.2, -0.15) is 0 Å². The summed E-state index contributed by atoms with van der Waals surface area (Å²) >= 11 is 2.68. The third-order valence-corrected chi connectivity index (χ3v) is 6.26. The van der Waals surface area contributed by atoms with E-state index in [4.69, 9.17) is 0 Å². The zero-order valence-corrected chi connectivity index (χ0v) is 17.6. The fourth-order valence-corrected chi connectivity index (χ4v) is 4.50. The number of rotatable bonds is 6. The van der Waals surface area contributed by atoms with Crippen LogP contribution in [0.25, 0.3) is 10.6 Å². The molecule has 0 saturated carbocycles. The first-order valence-electron chi connectivity index (χ1n) is 9.23. The number of nitrogens with one attached hydrogen (secondary N) is 2. The summed E-state index contributed by atoms with van der Waals surface area (Å²) in [5.74, 6) is 0.255. The molecule has 2 aromatic heterocycles. The molecule has 10 heteroatoms. The van der Waals surface area contributed by atoms with E-state index in [0.717, 1.165) is 10.6 Å². The van der Waals surface area contributed by atoms with Crippen LogP contribution in [0.3, 0.4) is 0 Å². The monoisotopic (exact) mass is 428 g/mol. The van der Waals surface area contributed by atoms with Crippen molar-refractivity contribution in [3.8, 4) is 10.6 Å². The number of urea groups is 1. The van der Waals surface area contributed by atoms with Crippen molar-refractivity contribution in [1.29, 1.82) is 0 Å². The average molecular weight is 429 g/mol. The number of anilines is 2. The summed E-state index contributed by atoms with van der Waals surface area (Å²) in [5, 5.41) is 17.4. The highest BCUT2D eigenvalue weighted by Crippen LogP contribution is 2.28. The molecule has 3 heterocycles. The SMILES string of the molecule is CC(C)c1ccc(-c2nnc(NC(=O)Cc3csc(N4CCNC4=O)n3)s2)cc1. The van der Waals surface area contributed by atoms with Crippen molar-refractivity contribution in [2.75, 3.05) is 23.3 Å². The summed E-state index contributed by atoms with van der Waals surface area (Å²) < 4.78 is 0. The normalized spacial score (nSPS) is 13.8. The van der Waals surface area contributed by atoms with Crippen molar-refractivity contribution in [2.45, 2.75) is 26.2 Å². The lowest BCUT2D eigenvalue weighted by Gasteiger charge is -2.08. The zero-order valence-electron chi connectivity index (χ0n) is 16.0. The lowest BCUT2D eigenvalue weighted by Crippen LogP contribution is -2.27. The molecule has 0 radical (unpaired) electrons. The molecule has 3 aromatic rings. The van der Waals surface area contributed by atoms with Gasteiger partial charge in [0.15, 0.2) is 5.13 Å². The average Bonchev–Trinajstić information content (AvgIpc) is 3.43. The Morgan fingerprint density at radius 2 is 2.07 bits per heavy atom. The maximum atomic E-state index is 12.3. The van der Waals surface area contributed by atoms with E-state index in [2.05, 4.69) is 51.8 Å². The Bertz CT molecular complexity index is 1030. The molecule has 2 N–H and O–H groups in total. The van der Waals surface area contributed by atoms with Crippen molar-refractivity contribution in [1.82, 2.24) is 20.5 Å². The van der Waals surface area contributed by atoms with Crippen LogP contribution < -0.4 is 15.5 Å². The Morgan fingerprint density at radius 3 is 2.76 bits per heavy atom. The molecule has 1 fully saturated rings. The molecular weight excluding hydrogens is 408 g/mol. The van der Waals surface area contributed by atoms with Crippen LogP contribution in [-0.2, 0) is 11.2 Å². The van der Waals surface area contributed by atoms with Crippen LogP contribution in [0.2, 0.25) is 0 Å². The van der Waals surface area contributed by atoms with Crippen LogP contribution in [0, 0.1) is 0 Å². The number of aromatic nitrogens is 3. The van der Waals surface area contributed by atoms with E-state index < -0.39 is 0 Å². The molecule has 1 aliphatic rings. The fourth-order valence-electron chi connectivity index (χ4n) is 2.88. The number of nitrogens with zero attached hydrogens (tertiary/aromatic N) is 4. The molecule has 29 heavy (non-hydrogen) atoms. The van der Waals surface area contributed by atoms with E-state index in [1.54, 1.807) is 10.3 Å². The van der Waals surface area contributed by atoms with Crippen molar-refractivity contribution >= 4 is 44.9 Å². The van der Waals surface area contributed by atoms with Gasteiger partial charge in [-0.1, -0.05) is 49.4 Å². The Balaban J connectivity index is 1.37. The predicted molar refractivity (Wildman–Crippen MR) is 115 cm³/mol. The molecule has 1 aliphatic heterocycles. The van der Waals surface area contributed by atoms with Gasteiger partial charge < -0.3 is 10.6 Å². The van der Waals surface area contributed by atoms with Crippen LogP contribution in [0.5, 0.6) is 0 Å². The molecule has 1 saturated heterocycles. The second-order valence-corrected chi connectivity index (χ2v) is 8.73. The first-order valence-corrected chi connectivity index (χ1v) is 10.9. The minimum absolute atomic E-state index is 0.115. The number of thiazole rings is 1. The standard InChI is InChI=1S/C19H20N6O2S2/c1-11(2)12-3-5-13(6-4-12)16-23-24-17(29-16)22-15(26)9-14-10-28-19(21-14)25-8-7-20-18(25)27/h3-6,10-11H,7-9H2,1-2H3,(H,20,27)(H,22,24,26). The number of carbonyl (C=O) groups excluding carboxylic acids is 2. The summed E-state index contributed by atoms with van der Waals surface area (Å²) in [6.45, 7) is 5.50. The van der Waals surface area contributed by atoms with Crippen LogP contribution in [0.1, 0.15) is 31.0 Å². The molecule has 0 bridgehead atoms. The fraction of sp³-hybridized carbons (Fsp3) is 0.316. The van der Waals surface area contributed by atoms with Crippen LogP contribution in [-0.4, -0.2) is 40.2 Å². The van der Waals surface area contributed by atoms with Gasteiger partial charge in [0.05, 0.1) is 12.1 Å². The van der Waals surface area contributed by atoms with E-state index in [1.807, 2.05) is 12.1 Å². The van der Waals surface area contributed by atoms with Gasteiger partial charge in [0, 0.05) is 24.0 Å². The molecule has 3 amide bonds. The lowest BCUT2D eigenvalue weighted by molar-refractivity contribution is -0.115. The van der Waals surface area contributed by atoms with E-state index in [0.29, 0.717) is 35.0 Å². The maximum absolute atomic E-state index is 12.3. The van der Waals surface area contributed by atoms with Crippen molar-refractivity contribution in [3.63, 3.8) is 0 Å². The van der Waals surface area contributed by atoms with Gasteiger partial charge in [0.25, 0.3) is 0 Å². The first-order chi connectivity index (χ1) is 14.0. The second-order valence-electron chi connectivity index (χ2n) is 6.92. The molecule has 150 valence electrons. The molecule has 0 unspecified atom stereocenters. The quantitative estimate of drug-likeness (QED) is 0.626. The summed E-state index contributed by atoms with van der Waals surface area (Å²) in [6, 6.07) is 8.05. The van der Waals surface area contributed by atoms with Crippen molar-refractivity contribution in [3.05, 3.63) is 40.9 Å². The third-order valence-electron chi connectivity index (χ3n) is 4.46. The number of hydrogen-bond donors (Lipinski definition) is 2. The van der Waals surface area contributed by atoms with Gasteiger partial charge in [0.1, 0.15) is 5.01 Å². The topological polar surface area (TPSA) is 100 Å². The van der Waals surface area contributed by atoms with Crippen LogP contribution in [0.4, 0.5) is 15.1 Å². The van der Waals surface area contributed by atoms with Gasteiger partial charge in [-0.05, 0) is 11.5 Å². The largest absolute Gasteiger partial charge is 0.336 e. The molecule has 8 nitrogen and oxygen atoms in total. The van der Waals surface area contributed by atoms with E-state index in [-0.39, 0.29) is 18.4 Å². The Labute approximate surface area is 176 Å². The van der Waals surface area contributed by atoms with Crippen LogP contribution in [0.15, 0.2) is 29.6 Å². The highest BCUT2D eigenvalue weighted by Gasteiger charge is 2.24. The van der Waals surface area contributed by atoms with Gasteiger partial charge in [-0.3, -0.25) is 9.69 Å². The molecule has 0 spiro atoms. The van der Waals surface area contributed by atoms with E-state index in [1.165, 1.54) is 28.2 Å². The zero-order chi connectivity index (χ0) is 20.4. The van der Waals surface area contributed by atoms with Crippen molar-refractivity contribution < 1.29 is 9.59 Å². The third kappa shape index (κ3) is 4.43. The highest BCUT2D eigenvalue weighted by atomic mass is 32.1. The molecular formula is C19H20N6O2S2. The van der Waals surface area contributed by atoms with Gasteiger partial charge in [-0.15, -0.1) is 21.5 Å². The van der Waals surface area contributed by atoms with Gasteiger partial charge in [0.2, 0.25) is 11.0 Å². The summed E-state index contributed by atoms with van der Waals surface area (Å²) in [7, 11) is 0. The number of carbonyl (C=O) groups is 2. The lowest BCUT2D eigenvalue weighted by atomic mass is 10.0. The van der Waals surface area contributed by atoms with Crippen molar-refractivity contribution in [2.24, 2.45) is 0 Å².